The number of alkyl halides is 3. The zero-order chi connectivity index (χ0) is 14.8. The van der Waals surface area contributed by atoms with Gasteiger partial charge in [-0.25, -0.2) is 4.79 Å². The Kier molecular flexibility index (Phi) is 4.32. The zero-order valence-corrected chi connectivity index (χ0v) is 11.4. The number of rotatable bonds is 4. The Morgan fingerprint density at radius 2 is 1.95 bits per heavy atom. The van der Waals surface area contributed by atoms with E-state index in [0.717, 1.165) is 0 Å². The van der Waals surface area contributed by atoms with E-state index < -0.39 is 5.51 Å². The van der Waals surface area contributed by atoms with Crippen molar-refractivity contribution in [1.29, 1.82) is 0 Å². The minimum absolute atomic E-state index is 0.0756. The fourth-order valence-electron chi connectivity index (χ4n) is 2.02. The molecular formula is C12H14F3N3OS. The summed E-state index contributed by atoms with van der Waals surface area (Å²) in [4.78, 5) is 15.0. The molecule has 20 heavy (non-hydrogen) atoms. The molecule has 0 bridgehead atoms. The molecule has 1 aliphatic heterocycles. The predicted octanol–water partition coefficient (Wildman–Crippen LogP) is 2.76. The van der Waals surface area contributed by atoms with Crippen molar-refractivity contribution in [3.8, 4) is 0 Å². The van der Waals surface area contributed by atoms with Gasteiger partial charge in [-0.15, -0.1) is 0 Å². The van der Waals surface area contributed by atoms with Crippen LogP contribution in [0.25, 0.3) is 0 Å². The average Bonchev–Trinajstić information content (AvgIpc) is 2.70. The number of para-hydroxylation sites is 2. The van der Waals surface area contributed by atoms with E-state index in [9.17, 15) is 18.0 Å². The number of halogens is 3. The fraction of sp³-hybridized carbons (Fsp3) is 0.417. The van der Waals surface area contributed by atoms with Crippen molar-refractivity contribution in [3.05, 3.63) is 24.3 Å². The van der Waals surface area contributed by atoms with Crippen molar-refractivity contribution in [2.75, 3.05) is 36.0 Å². The SMILES string of the molecule is Nc1ccccc1N1CCN(CCSC(F)(F)F)C1=O. The highest BCUT2D eigenvalue weighted by Gasteiger charge is 2.32. The Hall–Kier alpha value is -1.57. The first-order chi connectivity index (χ1) is 9.38. The van der Waals surface area contributed by atoms with Gasteiger partial charge in [0.1, 0.15) is 0 Å². The average molecular weight is 305 g/mol. The van der Waals surface area contributed by atoms with Crippen molar-refractivity contribution in [2.45, 2.75) is 5.51 Å². The normalized spacial score (nSPS) is 16.1. The highest BCUT2D eigenvalue weighted by atomic mass is 32.2. The van der Waals surface area contributed by atoms with E-state index in [1.54, 1.807) is 24.3 Å². The Bertz CT molecular complexity index is 495. The minimum atomic E-state index is -4.26. The Labute approximate surface area is 118 Å². The minimum Gasteiger partial charge on any atom is -0.397 e. The summed E-state index contributed by atoms with van der Waals surface area (Å²) >= 11 is -0.114. The Morgan fingerprint density at radius 3 is 2.60 bits per heavy atom. The number of amides is 2. The van der Waals surface area contributed by atoms with Crippen LogP contribution in [0.1, 0.15) is 0 Å². The molecule has 1 aromatic carbocycles. The number of nitrogens with zero attached hydrogens (tertiary/aromatic N) is 2. The van der Waals surface area contributed by atoms with Crippen LogP contribution in [-0.2, 0) is 0 Å². The number of nitrogens with two attached hydrogens (primary N) is 1. The molecule has 0 atom stereocenters. The summed E-state index contributed by atoms with van der Waals surface area (Å²) in [5.41, 5.74) is 2.62. The molecule has 8 heteroatoms. The zero-order valence-electron chi connectivity index (χ0n) is 10.6. The van der Waals surface area contributed by atoms with Crippen molar-refractivity contribution in [3.63, 3.8) is 0 Å². The van der Waals surface area contributed by atoms with Gasteiger partial charge >= 0.3 is 11.5 Å². The molecule has 1 saturated heterocycles. The standard InChI is InChI=1S/C12H14F3N3OS/c13-12(14,15)20-8-7-17-5-6-18(11(17)19)10-4-2-1-3-9(10)16/h1-4H,5-8,16H2. The van der Waals surface area contributed by atoms with Gasteiger partial charge in [0.2, 0.25) is 0 Å². The van der Waals surface area contributed by atoms with E-state index in [4.69, 9.17) is 5.73 Å². The summed E-state index contributed by atoms with van der Waals surface area (Å²) in [7, 11) is 0. The van der Waals surface area contributed by atoms with Crippen molar-refractivity contribution < 1.29 is 18.0 Å². The van der Waals surface area contributed by atoms with Gasteiger partial charge in [-0.3, -0.25) is 4.90 Å². The lowest BCUT2D eigenvalue weighted by Crippen LogP contribution is -2.33. The van der Waals surface area contributed by atoms with Crippen LogP contribution < -0.4 is 10.6 Å². The molecule has 1 heterocycles. The summed E-state index contributed by atoms with van der Waals surface area (Å²) < 4.78 is 36.2. The molecule has 0 unspecified atom stereocenters. The largest absolute Gasteiger partial charge is 0.441 e. The number of hydrogen-bond donors (Lipinski definition) is 1. The molecule has 2 N–H and O–H groups in total. The molecule has 1 fully saturated rings. The van der Waals surface area contributed by atoms with E-state index in [-0.39, 0.29) is 30.1 Å². The molecule has 0 aliphatic carbocycles. The number of carbonyl (C=O) groups excluding carboxylic acids is 1. The van der Waals surface area contributed by atoms with Crippen LogP contribution in [0.15, 0.2) is 24.3 Å². The Balaban J connectivity index is 1.95. The number of carbonyl (C=O) groups is 1. The van der Waals surface area contributed by atoms with Crippen LogP contribution in [-0.4, -0.2) is 41.8 Å². The van der Waals surface area contributed by atoms with Gasteiger partial charge in [-0.05, 0) is 23.9 Å². The Morgan fingerprint density at radius 1 is 1.25 bits per heavy atom. The first-order valence-electron chi connectivity index (χ1n) is 6.00. The quantitative estimate of drug-likeness (QED) is 0.870. The maximum atomic E-state index is 12.1. The molecule has 4 nitrogen and oxygen atoms in total. The molecule has 0 aromatic heterocycles. The maximum Gasteiger partial charge on any atom is 0.441 e. The van der Waals surface area contributed by atoms with Crippen LogP contribution in [0.4, 0.5) is 29.3 Å². The summed E-state index contributed by atoms with van der Waals surface area (Å²) in [6.07, 6.45) is 0. The molecule has 2 rings (SSSR count). The van der Waals surface area contributed by atoms with E-state index in [1.807, 2.05) is 0 Å². The van der Waals surface area contributed by atoms with E-state index in [1.165, 1.54) is 9.80 Å². The second kappa shape index (κ2) is 5.82. The first-order valence-corrected chi connectivity index (χ1v) is 6.98. The third kappa shape index (κ3) is 3.50. The van der Waals surface area contributed by atoms with Gasteiger partial charge in [0.05, 0.1) is 11.4 Å². The van der Waals surface area contributed by atoms with Crippen LogP contribution in [0, 0.1) is 0 Å². The number of thioether (sulfide) groups is 1. The number of urea groups is 1. The van der Waals surface area contributed by atoms with Crippen LogP contribution >= 0.6 is 11.8 Å². The molecule has 1 aliphatic rings. The van der Waals surface area contributed by atoms with E-state index in [2.05, 4.69) is 0 Å². The van der Waals surface area contributed by atoms with Gasteiger partial charge in [-0.2, -0.15) is 13.2 Å². The summed E-state index contributed by atoms with van der Waals surface area (Å²) in [5.74, 6) is -0.159. The topological polar surface area (TPSA) is 49.6 Å². The molecule has 0 spiro atoms. The van der Waals surface area contributed by atoms with E-state index >= 15 is 0 Å². The smallest absolute Gasteiger partial charge is 0.397 e. The van der Waals surface area contributed by atoms with Crippen LogP contribution in [0.5, 0.6) is 0 Å². The fourth-order valence-corrected chi connectivity index (χ4v) is 2.56. The van der Waals surface area contributed by atoms with Gasteiger partial charge < -0.3 is 10.6 Å². The van der Waals surface area contributed by atoms with Crippen molar-refractivity contribution >= 4 is 29.2 Å². The third-order valence-electron chi connectivity index (χ3n) is 2.95. The van der Waals surface area contributed by atoms with Gasteiger partial charge in [0.25, 0.3) is 0 Å². The second-order valence-corrected chi connectivity index (χ2v) is 5.43. The lowest BCUT2D eigenvalue weighted by atomic mass is 10.2. The molecule has 0 saturated carbocycles. The summed E-state index contributed by atoms with van der Waals surface area (Å²) in [6.45, 7) is 0.918. The number of anilines is 2. The lowest BCUT2D eigenvalue weighted by Gasteiger charge is -2.20. The summed E-state index contributed by atoms with van der Waals surface area (Å²) in [5, 5.41) is 0. The highest BCUT2D eigenvalue weighted by Crippen LogP contribution is 2.31. The molecular weight excluding hydrogens is 291 g/mol. The van der Waals surface area contributed by atoms with Gasteiger partial charge in [-0.1, -0.05) is 12.1 Å². The second-order valence-electron chi connectivity index (χ2n) is 4.27. The molecule has 2 amide bonds. The third-order valence-corrected chi connectivity index (χ3v) is 3.66. The predicted molar refractivity (Wildman–Crippen MR) is 73.7 cm³/mol. The number of benzene rings is 1. The van der Waals surface area contributed by atoms with Crippen molar-refractivity contribution in [1.82, 2.24) is 4.90 Å². The lowest BCUT2D eigenvalue weighted by molar-refractivity contribution is -0.0328. The number of nitrogen functional groups attached to an aromatic ring is 1. The van der Waals surface area contributed by atoms with Gasteiger partial charge in [0, 0.05) is 25.4 Å². The summed E-state index contributed by atoms with van der Waals surface area (Å²) in [6, 6.07) is 6.63. The van der Waals surface area contributed by atoms with Gasteiger partial charge in [0.15, 0.2) is 0 Å². The van der Waals surface area contributed by atoms with E-state index in [0.29, 0.717) is 24.5 Å². The van der Waals surface area contributed by atoms with Crippen LogP contribution in [0.3, 0.4) is 0 Å². The molecule has 110 valence electrons. The number of hydrogen-bond acceptors (Lipinski definition) is 3. The van der Waals surface area contributed by atoms with Crippen molar-refractivity contribution in [2.24, 2.45) is 0 Å². The monoisotopic (exact) mass is 305 g/mol. The highest BCUT2D eigenvalue weighted by molar-refractivity contribution is 8.00. The first kappa shape index (κ1) is 14.8. The van der Waals surface area contributed by atoms with Crippen LogP contribution in [0.2, 0.25) is 0 Å². The molecule has 1 aromatic rings. The molecule has 0 radical (unpaired) electrons. The maximum absolute atomic E-state index is 12.1.